The Morgan fingerprint density at radius 2 is 1.38 bits per heavy atom. The Morgan fingerprint density at radius 3 is 1.87 bits per heavy atom. The van der Waals surface area contributed by atoms with E-state index in [0.29, 0.717) is 44.1 Å². The monoisotopic (exact) mass is 539 g/mol. The molecule has 10 nitrogen and oxygen atoms in total. The predicted molar refractivity (Wildman–Crippen MR) is 145 cm³/mol. The number of carbonyl (C=O) groups is 4. The SMILES string of the molecule is CC(=O)N1CCN(C(=O)[C@H](Cc2ccc(Oc3ccc(CCC(=O)O)cc3)cc2)NC(=O)OC(C)(C)C)CC1. The minimum atomic E-state index is -0.839. The largest absolute Gasteiger partial charge is 0.481 e. The van der Waals surface area contributed by atoms with Gasteiger partial charge in [0.1, 0.15) is 23.1 Å². The summed E-state index contributed by atoms with van der Waals surface area (Å²) in [6.07, 6.45) is 0.107. The number of benzene rings is 2. The summed E-state index contributed by atoms with van der Waals surface area (Å²) in [5.74, 6) is 0.122. The van der Waals surface area contributed by atoms with Gasteiger partial charge in [0.15, 0.2) is 0 Å². The average Bonchev–Trinajstić information content (AvgIpc) is 2.87. The van der Waals surface area contributed by atoms with E-state index in [9.17, 15) is 19.2 Å². The predicted octanol–water partition coefficient (Wildman–Crippen LogP) is 3.62. The fourth-order valence-electron chi connectivity index (χ4n) is 4.15. The molecule has 0 aromatic heterocycles. The number of hydrogen-bond donors (Lipinski definition) is 2. The highest BCUT2D eigenvalue weighted by molar-refractivity contribution is 5.86. The van der Waals surface area contributed by atoms with Crippen molar-refractivity contribution in [3.05, 3.63) is 59.7 Å². The molecule has 1 aliphatic heterocycles. The number of carbonyl (C=O) groups excluding carboxylic acids is 3. The van der Waals surface area contributed by atoms with Crippen molar-refractivity contribution in [1.82, 2.24) is 15.1 Å². The van der Waals surface area contributed by atoms with Crippen LogP contribution in [0.3, 0.4) is 0 Å². The molecule has 1 saturated heterocycles. The fraction of sp³-hybridized carbons (Fsp3) is 0.448. The van der Waals surface area contributed by atoms with Gasteiger partial charge in [0.25, 0.3) is 0 Å². The molecular formula is C29H37N3O7. The number of carboxylic acid groups (broad SMARTS) is 1. The Hall–Kier alpha value is -4.08. The van der Waals surface area contributed by atoms with Gasteiger partial charge in [-0.2, -0.15) is 0 Å². The molecule has 1 fully saturated rings. The Morgan fingerprint density at radius 1 is 0.872 bits per heavy atom. The molecule has 2 N–H and O–H groups in total. The van der Waals surface area contributed by atoms with Crippen LogP contribution in [0, 0.1) is 0 Å². The first-order valence-electron chi connectivity index (χ1n) is 13.0. The number of carboxylic acids is 1. The van der Waals surface area contributed by atoms with Crippen LogP contribution in [0.1, 0.15) is 45.2 Å². The maximum Gasteiger partial charge on any atom is 0.408 e. The third-order valence-electron chi connectivity index (χ3n) is 6.18. The second-order valence-corrected chi connectivity index (χ2v) is 10.5. The summed E-state index contributed by atoms with van der Waals surface area (Å²) in [6.45, 7) is 8.47. The average molecular weight is 540 g/mol. The lowest BCUT2D eigenvalue weighted by molar-refractivity contribution is -0.139. The number of nitrogens with one attached hydrogen (secondary N) is 1. The van der Waals surface area contributed by atoms with Gasteiger partial charge in [0.2, 0.25) is 11.8 Å². The lowest BCUT2D eigenvalue weighted by atomic mass is 10.0. The summed E-state index contributed by atoms with van der Waals surface area (Å²) >= 11 is 0. The maximum atomic E-state index is 13.4. The van der Waals surface area contributed by atoms with Crippen LogP contribution in [0.5, 0.6) is 11.5 Å². The van der Waals surface area contributed by atoms with E-state index in [4.69, 9.17) is 14.6 Å². The molecule has 2 aromatic carbocycles. The Kier molecular flexibility index (Phi) is 9.92. The van der Waals surface area contributed by atoms with Gasteiger partial charge < -0.3 is 29.7 Å². The zero-order chi connectivity index (χ0) is 28.6. The Balaban J connectivity index is 1.65. The molecule has 1 aliphatic rings. The first-order valence-corrected chi connectivity index (χ1v) is 13.0. The van der Waals surface area contributed by atoms with E-state index in [1.165, 1.54) is 6.92 Å². The molecule has 0 saturated carbocycles. The second-order valence-electron chi connectivity index (χ2n) is 10.5. The number of aryl methyl sites for hydroxylation is 1. The molecule has 0 bridgehead atoms. The van der Waals surface area contributed by atoms with Crippen molar-refractivity contribution in [1.29, 1.82) is 0 Å². The van der Waals surface area contributed by atoms with Crippen LogP contribution in [-0.2, 0) is 32.0 Å². The third kappa shape index (κ3) is 9.63. The van der Waals surface area contributed by atoms with Gasteiger partial charge >= 0.3 is 12.1 Å². The highest BCUT2D eigenvalue weighted by Gasteiger charge is 2.30. The normalized spacial score (nSPS) is 14.4. The summed E-state index contributed by atoms with van der Waals surface area (Å²) in [4.78, 5) is 51.7. The fourth-order valence-corrected chi connectivity index (χ4v) is 4.15. The third-order valence-corrected chi connectivity index (χ3v) is 6.18. The van der Waals surface area contributed by atoms with Gasteiger partial charge in [-0.3, -0.25) is 14.4 Å². The molecule has 0 radical (unpaired) electrons. The highest BCUT2D eigenvalue weighted by atomic mass is 16.6. The summed E-state index contributed by atoms with van der Waals surface area (Å²) in [5, 5.41) is 11.6. The van der Waals surface area contributed by atoms with Gasteiger partial charge in [0.05, 0.1) is 0 Å². The topological polar surface area (TPSA) is 125 Å². The number of aliphatic carboxylic acids is 1. The van der Waals surface area contributed by atoms with E-state index in [0.717, 1.165) is 11.1 Å². The quantitative estimate of drug-likeness (QED) is 0.499. The molecule has 10 heteroatoms. The summed E-state index contributed by atoms with van der Waals surface area (Å²) < 4.78 is 11.3. The van der Waals surface area contributed by atoms with Crippen molar-refractivity contribution in [2.24, 2.45) is 0 Å². The van der Waals surface area contributed by atoms with E-state index in [1.807, 2.05) is 24.3 Å². The van der Waals surface area contributed by atoms with Gasteiger partial charge in [-0.05, 0) is 62.6 Å². The second kappa shape index (κ2) is 13.1. The van der Waals surface area contributed by atoms with E-state index in [1.54, 1.807) is 54.8 Å². The van der Waals surface area contributed by atoms with E-state index < -0.39 is 23.7 Å². The molecule has 1 heterocycles. The van der Waals surface area contributed by atoms with E-state index >= 15 is 0 Å². The van der Waals surface area contributed by atoms with Crippen LogP contribution in [0.15, 0.2) is 48.5 Å². The summed E-state index contributed by atoms with van der Waals surface area (Å²) in [7, 11) is 0. The van der Waals surface area contributed by atoms with Crippen molar-refractivity contribution >= 4 is 23.9 Å². The van der Waals surface area contributed by atoms with Crippen molar-refractivity contribution < 1.29 is 33.8 Å². The van der Waals surface area contributed by atoms with Crippen LogP contribution in [-0.4, -0.2) is 76.6 Å². The first-order chi connectivity index (χ1) is 18.4. The number of amides is 3. The molecular weight excluding hydrogens is 502 g/mol. The smallest absolute Gasteiger partial charge is 0.408 e. The summed E-state index contributed by atoms with van der Waals surface area (Å²) in [5.41, 5.74) is 1.03. The Labute approximate surface area is 228 Å². The summed E-state index contributed by atoms with van der Waals surface area (Å²) in [6, 6.07) is 13.6. The number of alkyl carbamates (subject to hydrolysis) is 1. The molecule has 2 aromatic rings. The van der Waals surface area contributed by atoms with Gasteiger partial charge in [0, 0.05) is 45.9 Å². The molecule has 210 valence electrons. The van der Waals surface area contributed by atoms with Crippen molar-refractivity contribution in [2.75, 3.05) is 26.2 Å². The van der Waals surface area contributed by atoms with Gasteiger partial charge in [-0.25, -0.2) is 4.79 Å². The molecule has 1 atom stereocenters. The first kappa shape index (κ1) is 29.5. The minimum Gasteiger partial charge on any atom is -0.481 e. The van der Waals surface area contributed by atoms with Crippen LogP contribution in [0.4, 0.5) is 4.79 Å². The van der Waals surface area contributed by atoms with Crippen LogP contribution in [0.25, 0.3) is 0 Å². The van der Waals surface area contributed by atoms with Crippen LogP contribution < -0.4 is 10.1 Å². The van der Waals surface area contributed by atoms with Crippen LogP contribution in [0.2, 0.25) is 0 Å². The number of ether oxygens (including phenoxy) is 2. The zero-order valence-corrected chi connectivity index (χ0v) is 22.9. The highest BCUT2D eigenvalue weighted by Crippen LogP contribution is 2.23. The number of piperazine rings is 1. The standard InChI is InChI=1S/C29H37N3O7/c1-20(33)31-15-17-32(18-16-31)27(36)25(30-28(37)39-29(2,3)4)19-22-7-12-24(13-8-22)38-23-10-5-21(6-11-23)9-14-26(34)35/h5-8,10-13,25H,9,14-19H2,1-4H3,(H,30,37)(H,34,35)/t25-/m0/s1. The molecule has 39 heavy (non-hydrogen) atoms. The number of rotatable bonds is 9. The minimum absolute atomic E-state index is 0.0260. The van der Waals surface area contributed by atoms with Crippen molar-refractivity contribution in [3.63, 3.8) is 0 Å². The number of hydrogen-bond acceptors (Lipinski definition) is 6. The Bertz CT molecular complexity index is 1150. The van der Waals surface area contributed by atoms with Gasteiger partial charge in [-0.15, -0.1) is 0 Å². The maximum absolute atomic E-state index is 13.4. The van der Waals surface area contributed by atoms with E-state index in [2.05, 4.69) is 5.32 Å². The van der Waals surface area contributed by atoms with Gasteiger partial charge in [-0.1, -0.05) is 24.3 Å². The van der Waals surface area contributed by atoms with Crippen LogP contribution >= 0.6 is 0 Å². The molecule has 0 aliphatic carbocycles. The van der Waals surface area contributed by atoms with E-state index in [-0.39, 0.29) is 24.7 Å². The lowest BCUT2D eigenvalue weighted by Gasteiger charge is -2.36. The van der Waals surface area contributed by atoms with Crippen molar-refractivity contribution in [3.8, 4) is 11.5 Å². The molecule has 3 rings (SSSR count). The molecule has 0 spiro atoms. The molecule has 0 unspecified atom stereocenters. The zero-order valence-electron chi connectivity index (χ0n) is 22.9. The number of nitrogens with zero attached hydrogens (tertiary/aromatic N) is 2. The van der Waals surface area contributed by atoms with Crippen molar-refractivity contribution in [2.45, 2.75) is 58.6 Å². The molecule has 3 amide bonds. The lowest BCUT2D eigenvalue weighted by Crippen LogP contribution is -2.56.